The van der Waals surface area contributed by atoms with Gasteiger partial charge in [0.05, 0.1) is 18.3 Å². The first kappa shape index (κ1) is 22.4. The fourth-order valence-electron chi connectivity index (χ4n) is 4.59. The fraction of sp³-hybridized carbons (Fsp3) is 0.179. The number of rotatable bonds is 6. The first-order chi connectivity index (χ1) is 16.9. The quantitative estimate of drug-likeness (QED) is 0.411. The summed E-state index contributed by atoms with van der Waals surface area (Å²) in [6.45, 7) is 2.39. The molecule has 0 radical (unpaired) electrons. The zero-order valence-corrected chi connectivity index (χ0v) is 19.5. The van der Waals surface area contributed by atoms with Crippen molar-refractivity contribution in [3.63, 3.8) is 0 Å². The molecule has 0 unspecified atom stereocenters. The minimum absolute atomic E-state index is 0.0530. The summed E-state index contributed by atoms with van der Waals surface area (Å²) in [5.74, 6) is -1.07. The number of aryl methyl sites for hydroxylation is 1. The van der Waals surface area contributed by atoms with Crippen molar-refractivity contribution in [3.8, 4) is 11.1 Å². The van der Waals surface area contributed by atoms with E-state index < -0.39 is 12.1 Å². The first-order valence-electron chi connectivity index (χ1n) is 11.4. The Balaban J connectivity index is 1.42. The van der Waals surface area contributed by atoms with Gasteiger partial charge < -0.3 is 9.84 Å². The van der Waals surface area contributed by atoms with Gasteiger partial charge in [0.2, 0.25) is 0 Å². The molecule has 0 fully saturated rings. The summed E-state index contributed by atoms with van der Waals surface area (Å²) in [6.07, 6.45) is 1.23. The first-order valence-corrected chi connectivity index (χ1v) is 11.4. The van der Waals surface area contributed by atoms with Crippen LogP contribution in [0.1, 0.15) is 38.7 Å². The average Bonchev–Trinajstić information content (AvgIpc) is 3.37. The minimum atomic E-state index is -1.02. The Kier molecular flexibility index (Phi) is 5.82. The number of amides is 1. The number of fused-ring (bicyclic) bond motifs is 3. The highest BCUT2D eigenvalue weighted by Gasteiger charge is 2.30. The molecule has 4 aromatic rings. The molecule has 7 nitrogen and oxygen atoms in total. The molecule has 0 saturated heterocycles. The topological polar surface area (TPSA) is 84.7 Å². The molecule has 1 heterocycles. The molecule has 0 atom stereocenters. The lowest BCUT2D eigenvalue weighted by molar-refractivity contribution is 0.0697. The molecule has 0 saturated carbocycles. The van der Waals surface area contributed by atoms with E-state index in [2.05, 4.69) is 29.4 Å². The Hall–Kier alpha value is -4.39. The SMILES string of the molecule is Cc1c(CN(C(=O)OCC2c3ccccc3-c3ccccc32)c2ccc(C(=O)O)cc2)cnn1C. The lowest BCUT2D eigenvalue weighted by Crippen LogP contribution is -2.32. The van der Waals surface area contributed by atoms with E-state index in [0.29, 0.717) is 5.69 Å². The molecule has 176 valence electrons. The molecule has 0 spiro atoms. The second-order valence-electron chi connectivity index (χ2n) is 8.62. The van der Waals surface area contributed by atoms with Gasteiger partial charge in [0.15, 0.2) is 0 Å². The van der Waals surface area contributed by atoms with Gasteiger partial charge in [0.25, 0.3) is 0 Å². The highest BCUT2D eigenvalue weighted by atomic mass is 16.6. The summed E-state index contributed by atoms with van der Waals surface area (Å²) in [6, 6.07) is 22.6. The maximum Gasteiger partial charge on any atom is 0.414 e. The van der Waals surface area contributed by atoms with E-state index in [9.17, 15) is 14.7 Å². The summed E-state index contributed by atoms with van der Waals surface area (Å²) >= 11 is 0. The average molecular weight is 468 g/mol. The molecule has 5 rings (SSSR count). The van der Waals surface area contributed by atoms with Crippen molar-refractivity contribution in [3.05, 3.63) is 107 Å². The summed E-state index contributed by atoms with van der Waals surface area (Å²) in [5, 5.41) is 13.5. The smallest absolute Gasteiger partial charge is 0.414 e. The number of carbonyl (C=O) groups is 2. The van der Waals surface area contributed by atoms with Crippen LogP contribution in [0, 0.1) is 6.92 Å². The van der Waals surface area contributed by atoms with Crippen molar-refractivity contribution >= 4 is 17.7 Å². The molecule has 0 bridgehead atoms. The van der Waals surface area contributed by atoms with Crippen LogP contribution in [0.4, 0.5) is 10.5 Å². The zero-order valence-electron chi connectivity index (χ0n) is 19.5. The van der Waals surface area contributed by atoms with E-state index in [0.717, 1.165) is 33.5 Å². The van der Waals surface area contributed by atoms with Gasteiger partial charge in [-0.1, -0.05) is 48.5 Å². The van der Waals surface area contributed by atoms with Crippen LogP contribution >= 0.6 is 0 Å². The fourth-order valence-corrected chi connectivity index (χ4v) is 4.59. The van der Waals surface area contributed by atoms with Crippen molar-refractivity contribution in [1.82, 2.24) is 9.78 Å². The monoisotopic (exact) mass is 467 g/mol. The Labute approximate surface area is 203 Å². The van der Waals surface area contributed by atoms with Crippen LogP contribution in [0.2, 0.25) is 0 Å². The van der Waals surface area contributed by atoms with Gasteiger partial charge in [0, 0.05) is 29.9 Å². The standard InChI is InChI=1S/C28H25N3O4/c1-18-20(15-29-30(18)2)16-31(21-13-11-19(12-14-21)27(32)33)28(34)35-17-26-24-9-5-3-7-22(24)23-8-4-6-10-25(23)26/h3-15,26H,16-17H2,1-2H3,(H,32,33). The summed E-state index contributed by atoms with van der Waals surface area (Å²) in [5.41, 5.74) is 7.12. The Bertz CT molecular complexity index is 1360. The Morgan fingerprint density at radius 2 is 1.57 bits per heavy atom. The number of ether oxygens (including phenoxy) is 1. The number of carbonyl (C=O) groups excluding carboxylic acids is 1. The minimum Gasteiger partial charge on any atom is -0.478 e. The molecular weight excluding hydrogens is 442 g/mol. The molecular formula is C28H25N3O4. The Morgan fingerprint density at radius 1 is 0.971 bits per heavy atom. The van der Waals surface area contributed by atoms with Crippen LogP contribution in [0.3, 0.4) is 0 Å². The van der Waals surface area contributed by atoms with Crippen molar-refractivity contribution in [1.29, 1.82) is 0 Å². The van der Waals surface area contributed by atoms with E-state index in [4.69, 9.17) is 4.74 Å². The molecule has 1 aromatic heterocycles. The Morgan fingerprint density at radius 3 is 2.11 bits per heavy atom. The number of hydrogen-bond donors (Lipinski definition) is 1. The molecule has 1 aliphatic carbocycles. The van der Waals surface area contributed by atoms with E-state index >= 15 is 0 Å². The number of aromatic carboxylic acids is 1. The van der Waals surface area contributed by atoms with Crippen molar-refractivity contribution in [2.24, 2.45) is 7.05 Å². The zero-order chi connectivity index (χ0) is 24.5. The van der Waals surface area contributed by atoms with Crippen molar-refractivity contribution in [2.45, 2.75) is 19.4 Å². The van der Waals surface area contributed by atoms with E-state index in [-0.39, 0.29) is 24.6 Å². The van der Waals surface area contributed by atoms with Crippen molar-refractivity contribution in [2.75, 3.05) is 11.5 Å². The second-order valence-corrected chi connectivity index (χ2v) is 8.62. The van der Waals surface area contributed by atoms with Gasteiger partial charge in [-0.3, -0.25) is 9.58 Å². The number of anilines is 1. The second kappa shape index (κ2) is 9.10. The summed E-state index contributed by atoms with van der Waals surface area (Å²) in [4.78, 5) is 26.2. The largest absolute Gasteiger partial charge is 0.478 e. The molecule has 7 heteroatoms. The molecule has 1 amide bonds. The number of hydrogen-bond acceptors (Lipinski definition) is 4. The normalized spacial score (nSPS) is 12.2. The number of nitrogens with zero attached hydrogens (tertiary/aromatic N) is 3. The number of carboxylic acids is 1. The van der Waals surface area contributed by atoms with Crippen LogP contribution in [0.15, 0.2) is 79.0 Å². The van der Waals surface area contributed by atoms with Crippen molar-refractivity contribution < 1.29 is 19.4 Å². The van der Waals surface area contributed by atoms with Crippen LogP contribution in [-0.2, 0) is 18.3 Å². The van der Waals surface area contributed by atoms with Gasteiger partial charge in [-0.15, -0.1) is 0 Å². The van der Waals surface area contributed by atoms with Gasteiger partial charge in [0.1, 0.15) is 6.61 Å². The highest BCUT2D eigenvalue weighted by Crippen LogP contribution is 2.44. The third-order valence-corrected chi connectivity index (χ3v) is 6.65. The molecule has 1 N–H and O–H groups in total. The maximum absolute atomic E-state index is 13.4. The van der Waals surface area contributed by atoms with Gasteiger partial charge in [-0.05, 0) is 53.4 Å². The van der Waals surface area contributed by atoms with Crippen LogP contribution < -0.4 is 4.90 Å². The van der Waals surface area contributed by atoms with Gasteiger partial charge >= 0.3 is 12.1 Å². The molecule has 3 aromatic carbocycles. The molecule has 0 aliphatic heterocycles. The van der Waals surface area contributed by atoms with E-state index in [1.54, 1.807) is 23.0 Å². The number of carboxylic acid groups (broad SMARTS) is 1. The highest BCUT2D eigenvalue weighted by molar-refractivity contribution is 5.91. The maximum atomic E-state index is 13.4. The summed E-state index contributed by atoms with van der Waals surface area (Å²) < 4.78 is 7.65. The molecule has 35 heavy (non-hydrogen) atoms. The third kappa shape index (κ3) is 4.17. The van der Waals surface area contributed by atoms with Crippen LogP contribution in [0.25, 0.3) is 11.1 Å². The third-order valence-electron chi connectivity index (χ3n) is 6.65. The predicted octanol–water partition coefficient (Wildman–Crippen LogP) is 5.38. The predicted molar refractivity (Wildman–Crippen MR) is 133 cm³/mol. The number of aromatic nitrogens is 2. The number of benzene rings is 3. The van der Waals surface area contributed by atoms with Crippen LogP contribution in [0.5, 0.6) is 0 Å². The lowest BCUT2D eigenvalue weighted by Gasteiger charge is -2.24. The van der Waals surface area contributed by atoms with E-state index in [1.165, 1.54) is 17.0 Å². The van der Waals surface area contributed by atoms with Gasteiger partial charge in [-0.2, -0.15) is 5.10 Å². The lowest BCUT2D eigenvalue weighted by atomic mass is 9.98. The molecule has 1 aliphatic rings. The van der Waals surface area contributed by atoms with Gasteiger partial charge in [-0.25, -0.2) is 9.59 Å². The van der Waals surface area contributed by atoms with Crippen LogP contribution in [-0.4, -0.2) is 33.6 Å². The van der Waals surface area contributed by atoms with E-state index in [1.807, 2.05) is 38.2 Å². The summed E-state index contributed by atoms with van der Waals surface area (Å²) in [7, 11) is 1.85.